The predicted molar refractivity (Wildman–Crippen MR) is 269 cm³/mol. The number of amides is 8. The summed E-state index contributed by atoms with van der Waals surface area (Å²) >= 11 is 6.85. The molecule has 8 amide bonds. The highest BCUT2D eigenvalue weighted by Gasteiger charge is 2.64. The first-order chi connectivity index (χ1) is 35.5. The Hall–Kier alpha value is -5.85. The second kappa shape index (κ2) is 25.3. The molecule has 414 valence electrons. The largest absolute Gasteiger partial charge is 0.495 e. The normalized spacial score (nSPS) is 31.4. The highest BCUT2D eigenvalue weighted by Crippen LogP contribution is 2.49. The number of allylic oxidation sites excluding steroid dienone is 6. The Balaban J connectivity index is 1.00. The molecule has 4 bridgehead atoms. The van der Waals surface area contributed by atoms with Crippen molar-refractivity contribution in [2.24, 2.45) is 17.8 Å². The number of hydrogen-bond donors (Lipinski definition) is 7. The maximum atomic E-state index is 14.4. The Bertz CT molecular complexity index is 2360. The Kier molecular flexibility index (Phi) is 19.7. The summed E-state index contributed by atoms with van der Waals surface area (Å²) in [5.74, 6) is -3.18. The standard InChI is InChI=1S/C51H73ClN8O15/c1-28-11-9-12-37(72-8)51(70)24-36(73-49(69)57-51)29(2)47-50(4,75-47)38(23-45(67)59(6)34-20-31(19-28)21-35(71-7)46(34)52)74-48(68)30(3)58(5)43(65)16-17-53-40(62)25-55-42(64)27-56-41(63)26-54-39(61)13-10-18-60-33-22-32(33)14-15-44(60)66/h9,11-12,14-15,21,29-33,36-38,47-48,68,70H,10,13,16-20,22-27H2,1-8H3,(H,53,62)(H,54,61)(H,55,64)(H,56,63)(H,57,69)/b12-9+,28-11+. The van der Waals surface area contributed by atoms with Crippen LogP contribution in [0.15, 0.2) is 58.5 Å². The minimum Gasteiger partial charge on any atom is -0.495 e. The van der Waals surface area contributed by atoms with E-state index in [1.54, 1.807) is 44.0 Å². The molecular weight excluding hydrogens is 1000 g/mol. The minimum atomic E-state index is -1.87. The topological polar surface area (TPSA) is 296 Å². The van der Waals surface area contributed by atoms with Gasteiger partial charge in [-0.1, -0.05) is 48.4 Å². The summed E-state index contributed by atoms with van der Waals surface area (Å²) in [6.45, 7) is 5.99. The average Bonchev–Trinajstić information content (AvgIpc) is 4.30. The molecule has 12 unspecified atom stereocenters. The molecule has 1 saturated carbocycles. The number of nitrogens with zero attached hydrogens (tertiary/aromatic N) is 3. The Morgan fingerprint density at radius 2 is 1.65 bits per heavy atom. The van der Waals surface area contributed by atoms with Crippen LogP contribution in [0.2, 0.25) is 0 Å². The van der Waals surface area contributed by atoms with Gasteiger partial charge in [0.1, 0.15) is 34.7 Å². The van der Waals surface area contributed by atoms with Crippen LogP contribution in [0.4, 0.5) is 4.79 Å². The molecule has 6 rings (SSSR count). The third-order valence-electron chi connectivity index (χ3n) is 14.8. The number of alkyl carbamates (subject to hydrolysis) is 1. The second-order valence-corrected chi connectivity index (χ2v) is 20.7. The first-order valence-corrected chi connectivity index (χ1v) is 25.7. The lowest BCUT2D eigenvalue weighted by Crippen LogP contribution is -2.63. The summed E-state index contributed by atoms with van der Waals surface area (Å²) in [7, 11) is 5.93. The van der Waals surface area contributed by atoms with Crippen molar-refractivity contribution in [2.75, 3.05) is 61.0 Å². The predicted octanol–water partition coefficient (Wildman–Crippen LogP) is 0.710. The summed E-state index contributed by atoms with van der Waals surface area (Å²) in [6, 6.07) is -0.792. The van der Waals surface area contributed by atoms with Crippen LogP contribution in [0.25, 0.3) is 0 Å². The number of rotatable bonds is 19. The zero-order valence-electron chi connectivity index (χ0n) is 43.9. The van der Waals surface area contributed by atoms with Crippen molar-refractivity contribution >= 4 is 59.0 Å². The molecule has 0 spiro atoms. The number of carbonyl (C=O) groups excluding carboxylic acids is 8. The molecule has 2 saturated heterocycles. The quantitative estimate of drug-likeness (QED) is 0.0693. The van der Waals surface area contributed by atoms with E-state index in [1.807, 2.05) is 25.2 Å². The lowest BCUT2D eigenvalue weighted by atomic mass is 9.83. The molecular formula is C51H73ClN8O15. The molecule has 3 fully saturated rings. The number of likely N-dealkylation sites (N-methyl/N-ethyl adjacent to an activating group) is 1. The molecule has 23 nitrogen and oxygen atoms in total. The van der Waals surface area contributed by atoms with Gasteiger partial charge in [0, 0.05) is 71.2 Å². The number of nitrogens with one attached hydrogen (secondary N) is 5. The monoisotopic (exact) mass is 1070 g/mol. The molecule has 75 heavy (non-hydrogen) atoms. The number of epoxide rings is 1. The Labute approximate surface area is 441 Å². The van der Waals surface area contributed by atoms with E-state index in [-0.39, 0.29) is 67.6 Å². The van der Waals surface area contributed by atoms with Gasteiger partial charge in [0.15, 0.2) is 12.0 Å². The SMILES string of the molecule is COC1=CC2CC(=C1Cl)N(C)C(=O)CC(OC(O)C(C)N(C)C(=O)CCNC(=O)CNC(=O)CNC(=O)CNC(=O)CCCN1C(=O)C=CC3CC31)C1(C)OC1C(C)C1CC(O)(NC(=O)O1)C(OC)/C=C/C=C(\C)C2. The lowest BCUT2D eigenvalue weighted by Gasteiger charge is -2.42. The summed E-state index contributed by atoms with van der Waals surface area (Å²) in [5.41, 5.74) is -1.67. The molecule has 0 aromatic rings. The number of ether oxygens (including phenoxy) is 5. The maximum Gasteiger partial charge on any atom is 0.409 e. The number of aliphatic hydroxyl groups is 2. The molecule has 0 radical (unpaired) electrons. The Morgan fingerprint density at radius 1 is 0.987 bits per heavy atom. The van der Waals surface area contributed by atoms with E-state index >= 15 is 0 Å². The summed E-state index contributed by atoms with van der Waals surface area (Å²) < 4.78 is 29.6. The van der Waals surface area contributed by atoms with Crippen LogP contribution in [0.5, 0.6) is 0 Å². The molecule has 4 heterocycles. The first-order valence-electron chi connectivity index (χ1n) is 25.3. The molecule has 24 heteroatoms. The van der Waals surface area contributed by atoms with Crippen molar-refractivity contribution in [1.82, 2.24) is 41.3 Å². The summed E-state index contributed by atoms with van der Waals surface area (Å²) in [4.78, 5) is 107. The lowest BCUT2D eigenvalue weighted by molar-refractivity contribution is -0.188. The van der Waals surface area contributed by atoms with Gasteiger partial charge >= 0.3 is 6.09 Å². The van der Waals surface area contributed by atoms with Gasteiger partial charge in [-0.25, -0.2) is 4.79 Å². The number of hydrogen-bond acceptors (Lipinski definition) is 15. The smallest absolute Gasteiger partial charge is 0.409 e. The van der Waals surface area contributed by atoms with E-state index in [0.29, 0.717) is 43.2 Å². The van der Waals surface area contributed by atoms with Crippen LogP contribution in [-0.4, -0.2) is 188 Å². The molecule has 7 N–H and O–H groups in total. The van der Waals surface area contributed by atoms with Gasteiger partial charge in [0.05, 0.1) is 45.3 Å². The fraction of sp³-hybridized carbons (Fsp3) is 0.647. The van der Waals surface area contributed by atoms with Crippen LogP contribution >= 0.6 is 11.6 Å². The number of halogens is 1. The summed E-state index contributed by atoms with van der Waals surface area (Å²) in [5, 5.41) is 36.0. The first kappa shape index (κ1) is 58.4. The fourth-order valence-corrected chi connectivity index (χ4v) is 10.3. The third-order valence-corrected chi connectivity index (χ3v) is 15.2. The molecule has 6 aliphatic rings. The van der Waals surface area contributed by atoms with Gasteiger partial charge in [-0.05, 0) is 70.4 Å². The van der Waals surface area contributed by atoms with E-state index in [1.165, 1.54) is 38.0 Å². The fourth-order valence-electron chi connectivity index (χ4n) is 9.93. The van der Waals surface area contributed by atoms with Crippen molar-refractivity contribution in [2.45, 2.75) is 133 Å². The molecule has 12 atom stereocenters. The number of carbonyl (C=O) groups is 8. The van der Waals surface area contributed by atoms with Crippen LogP contribution < -0.4 is 26.6 Å². The van der Waals surface area contributed by atoms with Gasteiger partial charge in [0.25, 0.3) is 0 Å². The van der Waals surface area contributed by atoms with Gasteiger partial charge in [0.2, 0.25) is 41.4 Å². The van der Waals surface area contributed by atoms with Crippen LogP contribution in [-0.2, 0) is 57.2 Å². The van der Waals surface area contributed by atoms with E-state index in [0.717, 1.165) is 12.0 Å². The summed E-state index contributed by atoms with van der Waals surface area (Å²) in [6.07, 6.45) is 6.16. The average molecular weight is 1070 g/mol. The van der Waals surface area contributed by atoms with Crippen molar-refractivity contribution in [1.29, 1.82) is 0 Å². The third kappa shape index (κ3) is 15.0. The molecule has 0 aromatic carbocycles. The number of aliphatic hydroxyl groups excluding tert-OH is 1. The molecule has 2 aliphatic carbocycles. The highest BCUT2D eigenvalue weighted by atomic mass is 35.5. The van der Waals surface area contributed by atoms with Crippen LogP contribution in [0, 0.1) is 17.8 Å². The second-order valence-electron chi connectivity index (χ2n) is 20.3. The van der Waals surface area contributed by atoms with Crippen LogP contribution in [0.1, 0.15) is 79.1 Å². The van der Waals surface area contributed by atoms with Crippen LogP contribution in [0.3, 0.4) is 0 Å². The maximum absolute atomic E-state index is 14.4. The van der Waals surface area contributed by atoms with Crippen molar-refractivity contribution in [3.63, 3.8) is 0 Å². The van der Waals surface area contributed by atoms with Crippen molar-refractivity contribution < 1.29 is 72.3 Å². The van der Waals surface area contributed by atoms with E-state index in [4.69, 9.17) is 35.3 Å². The zero-order chi connectivity index (χ0) is 54.9. The van der Waals surface area contributed by atoms with E-state index < -0.39 is 103 Å². The highest BCUT2D eigenvalue weighted by molar-refractivity contribution is 6.32. The van der Waals surface area contributed by atoms with E-state index in [9.17, 15) is 48.6 Å². The van der Waals surface area contributed by atoms with Gasteiger partial charge in [-0.15, -0.1) is 0 Å². The van der Waals surface area contributed by atoms with Gasteiger partial charge in [-0.3, -0.25) is 38.9 Å². The number of fused-ring (bicyclic) bond motifs is 6. The molecule has 4 aliphatic heterocycles. The van der Waals surface area contributed by atoms with Gasteiger partial charge in [-0.2, -0.15) is 0 Å². The van der Waals surface area contributed by atoms with E-state index in [2.05, 4.69) is 26.6 Å². The van der Waals surface area contributed by atoms with Crippen molar-refractivity contribution in [3.8, 4) is 0 Å². The minimum absolute atomic E-state index is 0.0634. The Morgan fingerprint density at radius 3 is 2.32 bits per heavy atom. The molecule has 0 aromatic heterocycles. The zero-order valence-corrected chi connectivity index (χ0v) is 44.6. The van der Waals surface area contributed by atoms with Gasteiger partial charge < -0.3 is 69.9 Å². The number of methoxy groups -OCH3 is 2. The van der Waals surface area contributed by atoms with Crippen molar-refractivity contribution in [3.05, 3.63) is 58.5 Å².